The molecule has 4 nitrogen and oxygen atoms in total. The summed E-state index contributed by atoms with van der Waals surface area (Å²) < 4.78 is 9.97. The number of nitrogens with zero attached hydrogens (tertiary/aromatic N) is 1. The van der Waals surface area contributed by atoms with Gasteiger partial charge in [-0.15, -0.1) is 0 Å². The van der Waals surface area contributed by atoms with Crippen molar-refractivity contribution in [3.8, 4) is 0 Å². The molecule has 0 aliphatic heterocycles. The van der Waals surface area contributed by atoms with E-state index in [-0.39, 0.29) is 5.69 Å². The quantitative estimate of drug-likeness (QED) is 0.479. The average molecular weight is 280 g/mol. The number of hydrogen-bond acceptors (Lipinski definition) is 4. The number of pyridine rings is 1. The van der Waals surface area contributed by atoms with Crippen LogP contribution >= 0.6 is 11.6 Å². The molecule has 1 aromatic heterocycles. The van der Waals surface area contributed by atoms with Gasteiger partial charge in [-0.2, -0.15) is 0 Å². The minimum Gasteiger partial charge on any atom is -0.461 e. The van der Waals surface area contributed by atoms with E-state index in [1.807, 2.05) is 24.3 Å². The molecule has 0 atom stereocenters. The molecule has 0 N–H and O–H groups in total. The van der Waals surface area contributed by atoms with Gasteiger partial charge >= 0.3 is 5.97 Å². The summed E-state index contributed by atoms with van der Waals surface area (Å²) in [6.45, 7) is 0.859. The predicted molar refractivity (Wildman–Crippen MR) is 73.5 cm³/mol. The minimum absolute atomic E-state index is 0.223. The summed E-state index contributed by atoms with van der Waals surface area (Å²) in [7, 11) is 1.60. The van der Waals surface area contributed by atoms with Crippen molar-refractivity contribution in [2.24, 2.45) is 0 Å². The summed E-state index contributed by atoms with van der Waals surface area (Å²) >= 11 is 6.05. The minimum atomic E-state index is -0.469. The maximum atomic E-state index is 11.8. The largest absolute Gasteiger partial charge is 0.461 e. The Kier molecular flexibility index (Phi) is 4.71. The van der Waals surface area contributed by atoms with Gasteiger partial charge in [0.1, 0.15) is 5.15 Å². The number of aromatic nitrogens is 1. The Morgan fingerprint density at radius 1 is 1.32 bits per heavy atom. The van der Waals surface area contributed by atoms with E-state index in [9.17, 15) is 4.79 Å². The fourth-order valence-corrected chi connectivity index (χ4v) is 1.97. The molecule has 0 fully saturated rings. The van der Waals surface area contributed by atoms with Gasteiger partial charge in [0.15, 0.2) is 5.69 Å². The predicted octanol–water partition coefficient (Wildman–Crippen LogP) is 3.08. The number of hydrogen-bond donors (Lipinski definition) is 0. The van der Waals surface area contributed by atoms with E-state index in [1.54, 1.807) is 13.2 Å². The standard InChI is InChI=1S/C14H14ClNO3/c1-18-7-4-8-19-14(17)12-9-10-5-2-3-6-11(10)13(15)16-12/h2-3,5-6,9H,4,7-8H2,1H3. The lowest BCUT2D eigenvalue weighted by Crippen LogP contribution is -2.10. The fourth-order valence-electron chi connectivity index (χ4n) is 1.70. The molecule has 100 valence electrons. The molecule has 0 saturated heterocycles. The van der Waals surface area contributed by atoms with Crippen LogP contribution in [0.5, 0.6) is 0 Å². The molecule has 0 aliphatic carbocycles. The van der Waals surface area contributed by atoms with E-state index >= 15 is 0 Å². The van der Waals surface area contributed by atoms with Crippen molar-refractivity contribution in [1.82, 2.24) is 4.98 Å². The van der Waals surface area contributed by atoms with Crippen LogP contribution in [0.2, 0.25) is 5.15 Å². The average Bonchev–Trinajstić information content (AvgIpc) is 2.43. The maximum Gasteiger partial charge on any atom is 0.357 e. The molecule has 0 radical (unpaired) electrons. The SMILES string of the molecule is COCCCOC(=O)c1cc2ccccc2c(Cl)n1. The van der Waals surface area contributed by atoms with Crippen molar-refractivity contribution < 1.29 is 14.3 Å². The maximum absolute atomic E-state index is 11.8. The summed E-state index contributed by atoms with van der Waals surface area (Å²) in [6.07, 6.45) is 0.656. The van der Waals surface area contributed by atoms with E-state index in [0.29, 0.717) is 24.8 Å². The summed E-state index contributed by atoms with van der Waals surface area (Å²) in [5.74, 6) is -0.469. The number of esters is 1. The van der Waals surface area contributed by atoms with Crippen LogP contribution in [0.4, 0.5) is 0 Å². The topological polar surface area (TPSA) is 48.4 Å². The van der Waals surface area contributed by atoms with Gasteiger partial charge in [0.2, 0.25) is 0 Å². The van der Waals surface area contributed by atoms with Crippen LogP contribution in [0.1, 0.15) is 16.9 Å². The Bertz CT molecular complexity index is 586. The highest BCUT2D eigenvalue weighted by molar-refractivity contribution is 6.34. The molecule has 0 bridgehead atoms. The number of methoxy groups -OCH3 is 1. The highest BCUT2D eigenvalue weighted by atomic mass is 35.5. The van der Waals surface area contributed by atoms with Crippen LogP contribution in [0.25, 0.3) is 10.8 Å². The van der Waals surface area contributed by atoms with Crippen LogP contribution < -0.4 is 0 Å². The van der Waals surface area contributed by atoms with Gasteiger partial charge in [0, 0.05) is 25.5 Å². The lowest BCUT2D eigenvalue weighted by Gasteiger charge is -2.06. The Balaban J connectivity index is 2.14. The highest BCUT2D eigenvalue weighted by Gasteiger charge is 2.12. The Hall–Kier alpha value is -1.65. The molecular formula is C14H14ClNO3. The Labute approximate surface area is 116 Å². The van der Waals surface area contributed by atoms with Crippen molar-refractivity contribution in [3.05, 3.63) is 41.2 Å². The lowest BCUT2D eigenvalue weighted by molar-refractivity contribution is 0.0462. The summed E-state index contributed by atoms with van der Waals surface area (Å²) in [4.78, 5) is 15.9. The molecular weight excluding hydrogens is 266 g/mol. The number of carbonyl (C=O) groups excluding carboxylic acids is 1. The van der Waals surface area contributed by atoms with Crippen LogP contribution in [-0.4, -0.2) is 31.3 Å². The zero-order valence-electron chi connectivity index (χ0n) is 10.6. The van der Waals surface area contributed by atoms with Crippen molar-refractivity contribution in [2.75, 3.05) is 20.3 Å². The second-order valence-electron chi connectivity index (χ2n) is 4.00. The molecule has 19 heavy (non-hydrogen) atoms. The van der Waals surface area contributed by atoms with Crippen molar-refractivity contribution in [2.45, 2.75) is 6.42 Å². The van der Waals surface area contributed by atoms with E-state index in [4.69, 9.17) is 21.1 Å². The van der Waals surface area contributed by atoms with Crippen LogP contribution in [0.15, 0.2) is 30.3 Å². The van der Waals surface area contributed by atoms with E-state index in [1.165, 1.54) is 0 Å². The van der Waals surface area contributed by atoms with E-state index in [0.717, 1.165) is 10.8 Å². The number of ether oxygens (including phenoxy) is 2. The highest BCUT2D eigenvalue weighted by Crippen LogP contribution is 2.22. The first-order chi connectivity index (χ1) is 9.22. The second-order valence-corrected chi connectivity index (χ2v) is 4.36. The van der Waals surface area contributed by atoms with Gasteiger partial charge < -0.3 is 9.47 Å². The zero-order chi connectivity index (χ0) is 13.7. The van der Waals surface area contributed by atoms with Crippen molar-refractivity contribution in [1.29, 1.82) is 0 Å². The number of benzene rings is 1. The molecule has 2 aromatic rings. The van der Waals surface area contributed by atoms with Gasteiger partial charge in [0.05, 0.1) is 6.61 Å². The zero-order valence-corrected chi connectivity index (χ0v) is 11.3. The lowest BCUT2D eigenvalue weighted by atomic mass is 10.1. The van der Waals surface area contributed by atoms with Crippen LogP contribution in [-0.2, 0) is 9.47 Å². The third-order valence-electron chi connectivity index (χ3n) is 2.63. The molecule has 2 rings (SSSR count). The molecule has 1 heterocycles. The van der Waals surface area contributed by atoms with Gasteiger partial charge in [-0.1, -0.05) is 35.9 Å². The molecule has 0 unspecified atom stereocenters. The van der Waals surface area contributed by atoms with Gasteiger partial charge in [-0.05, 0) is 11.5 Å². The molecule has 1 aromatic carbocycles. The van der Waals surface area contributed by atoms with Crippen molar-refractivity contribution in [3.63, 3.8) is 0 Å². The smallest absolute Gasteiger partial charge is 0.357 e. The van der Waals surface area contributed by atoms with Crippen LogP contribution in [0.3, 0.4) is 0 Å². The first-order valence-electron chi connectivity index (χ1n) is 5.93. The number of fused-ring (bicyclic) bond motifs is 1. The first kappa shape index (κ1) is 13.8. The molecule has 5 heteroatoms. The summed E-state index contributed by atoms with van der Waals surface area (Å²) in [5.41, 5.74) is 0.223. The van der Waals surface area contributed by atoms with Crippen molar-refractivity contribution >= 4 is 28.3 Å². The first-order valence-corrected chi connectivity index (χ1v) is 6.31. The van der Waals surface area contributed by atoms with Gasteiger partial charge in [-0.3, -0.25) is 0 Å². The molecule has 0 saturated carbocycles. The van der Waals surface area contributed by atoms with Gasteiger partial charge in [0.25, 0.3) is 0 Å². The summed E-state index contributed by atoms with van der Waals surface area (Å²) in [6, 6.07) is 9.17. The third-order valence-corrected chi connectivity index (χ3v) is 2.92. The van der Waals surface area contributed by atoms with E-state index < -0.39 is 5.97 Å². The summed E-state index contributed by atoms with van der Waals surface area (Å²) in [5, 5.41) is 1.99. The van der Waals surface area contributed by atoms with Crippen LogP contribution in [0, 0.1) is 0 Å². The number of rotatable bonds is 5. The third kappa shape index (κ3) is 3.43. The van der Waals surface area contributed by atoms with E-state index in [2.05, 4.69) is 4.98 Å². The van der Waals surface area contributed by atoms with Gasteiger partial charge in [-0.25, -0.2) is 9.78 Å². The molecule has 0 amide bonds. The number of carbonyl (C=O) groups is 1. The molecule has 0 aliphatic rings. The molecule has 0 spiro atoms. The normalized spacial score (nSPS) is 10.6. The fraction of sp³-hybridized carbons (Fsp3) is 0.286. The Morgan fingerprint density at radius 3 is 2.89 bits per heavy atom. The number of halogens is 1. The second kappa shape index (κ2) is 6.50. The monoisotopic (exact) mass is 279 g/mol. The Morgan fingerprint density at radius 2 is 2.11 bits per heavy atom.